The molecule has 0 aliphatic carbocycles. The Balaban J connectivity index is 2.40. The fraction of sp³-hybridized carbons (Fsp3) is 0.625. The molecule has 0 saturated heterocycles. The monoisotopic (exact) mass is 1060 g/mol. The average molecular weight is 1060 g/mol. The first-order valence-corrected chi connectivity index (χ1v) is 25.8. The Morgan fingerprint density at radius 1 is 0.458 bits per heavy atom. The van der Waals surface area contributed by atoms with Crippen LogP contribution in [0.2, 0.25) is 0 Å². The van der Waals surface area contributed by atoms with E-state index in [2.05, 4.69) is 0 Å². The Hall–Kier alpha value is -5.40. The molecule has 72 heavy (non-hydrogen) atoms. The average Bonchev–Trinajstić information content (AvgIpc) is 3.24. The van der Waals surface area contributed by atoms with Crippen molar-refractivity contribution in [3.63, 3.8) is 0 Å². The van der Waals surface area contributed by atoms with Gasteiger partial charge in [-0.1, -0.05) is 60.7 Å². The molecule has 2 rings (SSSR count). The highest BCUT2D eigenvalue weighted by Crippen LogP contribution is 2.24. The Kier molecular flexibility index (Phi) is 23.6. The van der Waals surface area contributed by atoms with Crippen LogP contribution in [0.5, 0.6) is 0 Å². The molecule has 2 amide bonds. The molecule has 0 fully saturated rings. The number of carbonyl (C=O) groups is 6. The third-order valence-electron chi connectivity index (χ3n) is 9.11. The van der Waals surface area contributed by atoms with Crippen LogP contribution < -0.4 is 0 Å². The van der Waals surface area contributed by atoms with Crippen LogP contribution in [-0.2, 0) is 90.7 Å². The smallest absolute Gasteiger partial charge is 0.424 e. The molecule has 0 bridgehead atoms. The number of carbonyl (C=O) groups excluding carboxylic acids is 6. The third kappa shape index (κ3) is 22.6. The molecule has 2 aromatic rings. The van der Waals surface area contributed by atoms with Crippen LogP contribution in [0.4, 0.5) is 9.59 Å². The van der Waals surface area contributed by atoms with Crippen molar-refractivity contribution in [1.82, 2.24) is 17.2 Å². The van der Waals surface area contributed by atoms with Crippen molar-refractivity contribution in [2.75, 3.05) is 53.6 Å². The lowest BCUT2D eigenvalue weighted by molar-refractivity contribution is -0.167. The summed E-state index contributed by atoms with van der Waals surface area (Å²) in [5.74, 6) is -4.16. The van der Waals surface area contributed by atoms with Gasteiger partial charge in [0, 0.05) is 27.2 Å². The lowest BCUT2D eigenvalue weighted by Gasteiger charge is -2.34. The highest BCUT2D eigenvalue weighted by atomic mass is 32.2. The van der Waals surface area contributed by atoms with Gasteiger partial charge in [-0.3, -0.25) is 19.2 Å². The molecule has 0 saturated carbocycles. The largest absolute Gasteiger partial charge is 0.460 e. The predicted octanol–water partition coefficient (Wildman–Crippen LogP) is 5.53. The van der Waals surface area contributed by atoms with Gasteiger partial charge in [-0.25, -0.2) is 9.59 Å². The zero-order valence-electron chi connectivity index (χ0n) is 44.0. The van der Waals surface area contributed by atoms with Crippen molar-refractivity contribution < 1.29 is 83.5 Å². The molecule has 2 aromatic carbocycles. The van der Waals surface area contributed by atoms with Crippen LogP contribution in [0.1, 0.15) is 107 Å². The maximum atomic E-state index is 14.3. The fourth-order valence-corrected chi connectivity index (χ4v) is 8.73. The third-order valence-corrected chi connectivity index (χ3v) is 12.8. The maximum Gasteiger partial charge on any atom is 0.424 e. The van der Waals surface area contributed by atoms with Gasteiger partial charge in [0.2, 0.25) is 0 Å². The summed E-state index contributed by atoms with van der Waals surface area (Å²) >= 11 is 0. The van der Waals surface area contributed by atoms with Crippen molar-refractivity contribution in [2.24, 2.45) is 0 Å². The summed E-state index contributed by atoms with van der Waals surface area (Å²) in [4.78, 5) is 80.4. The molecule has 0 N–H and O–H groups in total. The van der Waals surface area contributed by atoms with Crippen molar-refractivity contribution in [3.05, 3.63) is 71.8 Å². The summed E-state index contributed by atoms with van der Waals surface area (Å²) in [6.07, 6.45) is -4.24. The lowest BCUT2D eigenvalue weighted by atomic mass is 10.1. The summed E-state index contributed by atoms with van der Waals surface area (Å²) in [6.45, 7) is 15.4. The second-order valence-electron chi connectivity index (χ2n) is 20.2. The zero-order valence-corrected chi connectivity index (χ0v) is 45.6. The van der Waals surface area contributed by atoms with E-state index < -0.39 is 130 Å². The van der Waals surface area contributed by atoms with Crippen LogP contribution in [0.3, 0.4) is 0 Å². The minimum Gasteiger partial charge on any atom is -0.460 e. The van der Waals surface area contributed by atoms with Crippen molar-refractivity contribution in [3.8, 4) is 0 Å². The highest BCUT2D eigenvalue weighted by Gasteiger charge is 2.45. The number of amides is 2. The molecule has 0 aromatic heterocycles. The minimum atomic E-state index is -4.99. The molecule has 0 spiro atoms. The van der Waals surface area contributed by atoms with Gasteiger partial charge < -0.3 is 37.9 Å². The van der Waals surface area contributed by atoms with E-state index in [0.29, 0.717) is 19.7 Å². The fourth-order valence-electron chi connectivity index (χ4n) is 6.05. The van der Waals surface area contributed by atoms with Crippen molar-refractivity contribution in [1.29, 1.82) is 0 Å². The van der Waals surface area contributed by atoms with E-state index in [1.54, 1.807) is 102 Å². The van der Waals surface area contributed by atoms with E-state index in [1.165, 1.54) is 41.5 Å². The van der Waals surface area contributed by atoms with Crippen LogP contribution in [0.25, 0.3) is 0 Å². The first-order valence-electron chi connectivity index (χ1n) is 23.0. The molecule has 0 unspecified atom stereocenters. The molecule has 0 heterocycles. The van der Waals surface area contributed by atoms with Gasteiger partial charge in [0.05, 0.1) is 39.3 Å². The number of rotatable bonds is 25. The van der Waals surface area contributed by atoms with E-state index >= 15 is 0 Å². The first kappa shape index (κ1) is 62.7. The molecular weight excluding hydrogens is 985 g/mol. The van der Waals surface area contributed by atoms with Gasteiger partial charge in [-0.2, -0.15) is 34.1 Å². The Bertz CT molecular complexity index is 2160. The molecule has 0 aliphatic heterocycles. The van der Waals surface area contributed by atoms with Gasteiger partial charge in [-0.15, -0.1) is 0 Å². The van der Waals surface area contributed by atoms with E-state index in [4.69, 9.17) is 37.9 Å². The Morgan fingerprint density at radius 3 is 1.03 bits per heavy atom. The maximum absolute atomic E-state index is 14.3. The van der Waals surface area contributed by atoms with E-state index in [1.807, 2.05) is 0 Å². The van der Waals surface area contributed by atoms with Crippen molar-refractivity contribution >= 4 is 56.5 Å². The summed E-state index contributed by atoms with van der Waals surface area (Å²) in [6, 6.07) is 13.2. The van der Waals surface area contributed by atoms with E-state index in [0.717, 1.165) is 14.1 Å². The quantitative estimate of drug-likeness (QED) is 0.0672. The summed E-state index contributed by atoms with van der Waals surface area (Å²) in [5, 5.41) is 0. The van der Waals surface area contributed by atoms with Crippen LogP contribution in [0, 0.1) is 0 Å². The molecule has 0 radical (unpaired) electrons. The van der Waals surface area contributed by atoms with Crippen LogP contribution in [0.15, 0.2) is 60.7 Å². The number of hydrogen-bond donors (Lipinski definition) is 0. The van der Waals surface area contributed by atoms with Crippen LogP contribution >= 0.6 is 0 Å². The SMILES string of the molecule is CN(C(=O)OCc1ccccc1)S(=O)(=O)N(CCOCCOCCN([C@@H](CC(=O)OC(C)(C)C)C(=O)OC(C)(C)C)S(=O)(=O)N(C)C(=O)OCc1ccccc1)[C@@H](CC(=O)OC(C)(C)C)C(=O)OC(C)(C)C. The predicted molar refractivity (Wildman–Crippen MR) is 262 cm³/mol. The van der Waals surface area contributed by atoms with Crippen molar-refractivity contribution in [2.45, 2.75) is 144 Å². The highest BCUT2D eigenvalue weighted by molar-refractivity contribution is 7.87. The van der Waals surface area contributed by atoms with Gasteiger partial charge in [0.25, 0.3) is 0 Å². The summed E-state index contributed by atoms with van der Waals surface area (Å²) in [5.41, 5.74) is -3.23. The standard InChI is InChI=1S/C48H74N4O18S2/c1-45(2,3)67-39(53)31-37(41(55)69-47(7,8)9)51(71(59,60)49(13)43(57)65-33-35-21-17-15-18-22-35)25-27-63-29-30-64-28-26-52(38(42(56)70-48(10,11)12)32-40(54)68-46(4,5)6)72(61,62)50(14)44(58)66-34-36-23-19-16-20-24-36/h15-24,37-38H,25-34H2,1-14H3/t37-,38-/m0/s1. The number of hydrogen-bond acceptors (Lipinski definition) is 18. The van der Waals surface area contributed by atoms with Gasteiger partial charge in [-0.05, 0) is 94.2 Å². The van der Waals surface area contributed by atoms with Gasteiger partial charge >= 0.3 is 56.5 Å². The number of ether oxygens (including phenoxy) is 8. The normalized spacial score (nSPS) is 13.4. The second-order valence-corrected chi connectivity index (χ2v) is 24.0. The number of nitrogens with zero attached hydrogens (tertiary/aromatic N) is 4. The lowest BCUT2D eigenvalue weighted by Crippen LogP contribution is -2.55. The first-order chi connectivity index (χ1) is 33.0. The molecule has 22 nitrogen and oxygen atoms in total. The second kappa shape index (κ2) is 27.1. The zero-order chi connectivity index (χ0) is 54.9. The molecule has 24 heteroatoms. The minimum absolute atomic E-state index is 0.277. The summed E-state index contributed by atoms with van der Waals surface area (Å²) < 4.78 is 103. The van der Waals surface area contributed by atoms with Gasteiger partial charge in [0.15, 0.2) is 0 Å². The number of esters is 4. The van der Waals surface area contributed by atoms with Gasteiger partial charge in [0.1, 0.15) is 47.7 Å². The summed E-state index contributed by atoms with van der Waals surface area (Å²) in [7, 11) is -8.15. The molecule has 2 atom stereocenters. The van der Waals surface area contributed by atoms with Crippen LogP contribution in [-0.4, -0.2) is 158 Å². The topological polar surface area (TPSA) is 257 Å². The molecular formula is C48H74N4O18S2. The molecule has 406 valence electrons. The Morgan fingerprint density at radius 2 is 0.750 bits per heavy atom. The van der Waals surface area contributed by atoms with E-state index in [9.17, 15) is 45.6 Å². The Labute approximate surface area is 424 Å². The molecule has 0 aliphatic rings. The number of benzene rings is 2. The van der Waals surface area contributed by atoms with E-state index in [-0.39, 0.29) is 35.0 Å².